The zero-order chi connectivity index (χ0) is 16.2. The van der Waals surface area contributed by atoms with Crippen molar-refractivity contribution in [3.8, 4) is 5.75 Å². The first kappa shape index (κ1) is 16.0. The summed E-state index contributed by atoms with van der Waals surface area (Å²) in [7, 11) is 1.64. The van der Waals surface area contributed by atoms with E-state index in [0.29, 0.717) is 0 Å². The van der Waals surface area contributed by atoms with Crippen molar-refractivity contribution in [3.63, 3.8) is 0 Å². The number of benzene rings is 2. The summed E-state index contributed by atoms with van der Waals surface area (Å²) in [5.41, 5.74) is 3.28. The molecule has 0 saturated carbocycles. The highest BCUT2D eigenvalue weighted by Crippen LogP contribution is 2.35. The van der Waals surface area contributed by atoms with Gasteiger partial charge in [0.05, 0.1) is 13.2 Å². The number of ether oxygens (including phenoxy) is 1. The minimum absolute atomic E-state index is 0.00310. The molecule has 1 atom stereocenters. The van der Waals surface area contributed by atoms with Crippen molar-refractivity contribution >= 4 is 0 Å². The zero-order valence-electron chi connectivity index (χ0n) is 13.7. The summed E-state index contributed by atoms with van der Waals surface area (Å²) in [5, 5.41) is 3.37. The van der Waals surface area contributed by atoms with Crippen LogP contribution in [0.25, 0.3) is 0 Å². The van der Waals surface area contributed by atoms with Crippen molar-refractivity contribution in [2.24, 2.45) is 0 Å². The fourth-order valence-electron chi connectivity index (χ4n) is 3.20. The zero-order valence-corrected chi connectivity index (χ0v) is 13.7. The average molecular weight is 314 g/mol. The van der Waals surface area contributed by atoms with Crippen LogP contribution in [0.15, 0.2) is 42.5 Å². The molecule has 0 amide bonds. The van der Waals surface area contributed by atoms with Crippen molar-refractivity contribution in [2.45, 2.75) is 13.0 Å². The van der Waals surface area contributed by atoms with Crippen LogP contribution in [0.4, 0.5) is 4.39 Å². The molecule has 2 aromatic carbocycles. The Morgan fingerprint density at radius 1 is 1.09 bits per heavy atom. The maximum Gasteiger partial charge on any atom is 0.124 e. The highest BCUT2D eigenvalue weighted by molar-refractivity contribution is 5.42. The summed E-state index contributed by atoms with van der Waals surface area (Å²) >= 11 is 0. The van der Waals surface area contributed by atoms with Crippen LogP contribution >= 0.6 is 0 Å². The third kappa shape index (κ3) is 3.54. The summed E-state index contributed by atoms with van der Waals surface area (Å²) in [6, 6.07) is 13.3. The highest BCUT2D eigenvalue weighted by atomic mass is 19.1. The van der Waals surface area contributed by atoms with Gasteiger partial charge in [0.25, 0.3) is 0 Å². The Kier molecular flexibility index (Phi) is 4.94. The van der Waals surface area contributed by atoms with E-state index in [0.717, 1.165) is 37.5 Å². The van der Waals surface area contributed by atoms with Crippen molar-refractivity contribution < 1.29 is 9.13 Å². The summed E-state index contributed by atoms with van der Waals surface area (Å²) < 4.78 is 19.4. The molecule has 0 aromatic heterocycles. The molecule has 1 aliphatic rings. The van der Waals surface area contributed by atoms with E-state index in [9.17, 15) is 4.39 Å². The van der Waals surface area contributed by atoms with Gasteiger partial charge in [0, 0.05) is 31.7 Å². The van der Waals surface area contributed by atoms with E-state index < -0.39 is 0 Å². The third-order valence-electron chi connectivity index (χ3n) is 4.40. The van der Waals surface area contributed by atoms with Gasteiger partial charge in [0.15, 0.2) is 0 Å². The Morgan fingerprint density at radius 2 is 1.78 bits per heavy atom. The molecule has 1 aliphatic heterocycles. The van der Waals surface area contributed by atoms with Crippen LogP contribution in [0.5, 0.6) is 5.75 Å². The maximum absolute atomic E-state index is 13.9. The predicted molar refractivity (Wildman–Crippen MR) is 90.4 cm³/mol. The van der Waals surface area contributed by atoms with Crippen LogP contribution in [-0.4, -0.2) is 38.2 Å². The fourth-order valence-corrected chi connectivity index (χ4v) is 3.20. The second-order valence-electron chi connectivity index (χ2n) is 5.99. The molecule has 0 spiro atoms. The number of halogens is 1. The molecule has 0 radical (unpaired) electrons. The van der Waals surface area contributed by atoms with Crippen LogP contribution in [0.3, 0.4) is 0 Å². The lowest BCUT2D eigenvalue weighted by atomic mass is 9.94. The van der Waals surface area contributed by atoms with Crippen molar-refractivity contribution in [3.05, 3.63) is 65.0 Å². The Bertz CT molecular complexity index is 651. The first-order chi connectivity index (χ1) is 11.2. The normalized spacial score (nSPS) is 17.0. The number of piperazine rings is 1. The van der Waals surface area contributed by atoms with Crippen molar-refractivity contribution in [1.29, 1.82) is 0 Å². The number of nitrogens with one attached hydrogen (secondary N) is 1. The molecule has 2 aromatic rings. The quantitative estimate of drug-likeness (QED) is 0.938. The number of hydrogen-bond acceptors (Lipinski definition) is 3. The molecule has 1 saturated heterocycles. The summed E-state index contributed by atoms with van der Waals surface area (Å²) in [4.78, 5) is 2.39. The van der Waals surface area contributed by atoms with E-state index in [-0.39, 0.29) is 11.9 Å². The Labute approximate surface area is 137 Å². The van der Waals surface area contributed by atoms with Crippen LogP contribution < -0.4 is 10.1 Å². The van der Waals surface area contributed by atoms with Gasteiger partial charge in [-0.1, -0.05) is 29.8 Å². The van der Waals surface area contributed by atoms with Gasteiger partial charge < -0.3 is 10.1 Å². The van der Waals surface area contributed by atoms with Gasteiger partial charge in [0.1, 0.15) is 11.6 Å². The lowest BCUT2D eigenvalue weighted by Gasteiger charge is -2.36. The Balaban J connectivity index is 2.07. The van der Waals surface area contributed by atoms with Gasteiger partial charge in [0.2, 0.25) is 0 Å². The summed E-state index contributed by atoms with van der Waals surface area (Å²) in [6.45, 7) is 5.82. The number of aryl methyl sites for hydroxylation is 1. The van der Waals surface area contributed by atoms with Gasteiger partial charge in [-0.25, -0.2) is 4.39 Å². The predicted octanol–water partition coefficient (Wildman–Crippen LogP) is 3.14. The average Bonchev–Trinajstić information content (AvgIpc) is 2.58. The number of nitrogens with zero attached hydrogens (tertiary/aromatic N) is 1. The molecule has 1 N–H and O–H groups in total. The van der Waals surface area contributed by atoms with E-state index in [1.165, 1.54) is 17.2 Å². The van der Waals surface area contributed by atoms with Crippen LogP contribution in [0.2, 0.25) is 0 Å². The molecular formula is C19H23FN2O. The minimum Gasteiger partial charge on any atom is -0.496 e. The second-order valence-corrected chi connectivity index (χ2v) is 5.99. The monoisotopic (exact) mass is 314 g/mol. The maximum atomic E-state index is 13.9. The molecule has 122 valence electrons. The molecule has 3 rings (SSSR count). The first-order valence-corrected chi connectivity index (χ1v) is 8.04. The smallest absolute Gasteiger partial charge is 0.124 e. The molecule has 3 nitrogen and oxygen atoms in total. The molecule has 1 fully saturated rings. The summed E-state index contributed by atoms with van der Waals surface area (Å²) in [5.74, 6) is 0.503. The van der Waals surface area contributed by atoms with Gasteiger partial charge in [-0.3, -0.25) is 4.90 Å². The Morgan fingerprint density at radius 3 is 2.43 bits per heavy atom. The summed E-state index contributed by atoms with van der Waals surface area (Å²) in [6.07, 6.45) is 0. The molecule has 1 unspecified atom stereocenters. The number of methoxy groups -OCH3 is 1. The number of hydrogen-bond donors (Lipinski definition) is 1. The third-order valence-corrected chi connectivity index (χ3v) is 4.40. The van der Waals surface area contributed by atoms with Crippen molar-refractivity contribution in [1.82, 2.24) is 10.2 Å². The lowest BCUT2D eigenvalue weighted by molar-refractivity contribution is 0.195. The van der Waals surface area contributed by atoms with Gasteiger partial charge in [-0.15, -0.1) is 0 Å². The molecular weight excluding hydrogens is 291 g/mol. The molecule has 23 heavy (non-hydrogen) atoms. The second kappa shape index (κ2) is 7.11. The SMILES string of the molecule is COc1ccc(F)cc1C(c1ccc(C)cc1)N1CCNCC1. The van der Waals surface area contributed by atoms with E-state index >= 15 is 0 Å². The molecule has 0 bridgehead atoms. The van der Waals surface area contributed by atoms with Gasteiger partial charge in [-0.2, -0.15) is 0 Å². The molecule has 1 heterocycles. The minimum atomic E-state index is -0.229. The number of rotatable bonds is 4. The van der Waals surface area contributed by atoms with Gasteiger partial charge >= 0.3 is 0 Å². The Hall–Kier alpha value is -1.91. The topological polar surface area (TPSA) is 24.5 Å². The van der Waals surface area contributed by atoms with Gasteiger partial charge in [-0.05, 0) is 30.7 Å². The van der Waals surface area contributed by atoms with E-state index in [1.54, 1.807) is 19.2 Å². The standard InChI is InChI=1S/C19H23FN2O/c1-14-3-5-15(6-4-14)19(22-11-9-21-10-12-22)17-13-16(20)7-8-18(17)23-2/h3-8,13,19,21H,9-12H2,1-2H3. The van der Waals surface area contributed by atoms with E-state index in [1.807, 2.05) is 0 Å². The van der Waals surface area contributed by atoms with Crippen LogP contribution in [0, 0.1) is 12.7 Å². The lowest BCUT2D eigenvalue weighted by Crippen LogP contribution is -2.45. The van der Waals surface area contributed by atoms with Crippen LogP contribution in [-0.2, 0) is 0 Å². The first-order valence-electron chi connectivity index (χ1n) is 8.04. The van der Waals surface area contributed by atoms with E-state index in [4.69, 9.17) is 4.74 Å². The molecule has 4 heteroatoms. The fraction of sp³-hybridized carbons (Fsp3) is 0.368. The largest absolute Gasteiger partial charge is 0.496 e. The molecule has 0 aliphatic carbocycles. The van der Waals surface area contributed by atoms with Crippen molar-refractivity contribution in [2.75, 3.05) is 33.3 Å². The van der Waals surface area contributed by atoms with Crippen LogP contribution in [0.1, 0.15) is 22.7 Å². The van der Waals surface area contributed by atoms with E-state index in [2.05, 4.69) is 41.4 Å². The highest BCUT2D eigenvalue weighted by Gasteiger charge is 2.26.